The second-order valence-corrected chi connectivity index (χ2v) is 4.73. The Bertz CT molecular complexity index is 399. The Hall–Kier alpha value is -1.35. The number of amides is 1. The van der Waals surface area contributed by atoms with Gasteiger partial charge in [-0.25, -0.2) is 0 Å². The number of hydrogen-bond acceptors (Lipinski definition) is 2. The first-order valence-corrected chi connectivity index (χ1v) is 6.32. The highest BCUT2D eigenvalue weighted by molar-refractivity contribution is 5.74. The van der Waals surface area contributed by atoms with Crippen molar-refractivity contribution in [3.63, 3.8) is 0 Å². The average Bonchev–Trinajstić information content (AvgIpc) is 3.12. The molecule has 1 aliphatic rings. The zero-order chi connectivity index (χ0) is 12.3. The Morgan fingerprint density at radius 1 is 1.53 bits per heavy atom. The molecule has 3 nitrogen and oxygen atoms in total. The first-order valence-electron chi connectivity index (χ1n) is 6.32. The maximum Gasteiger partial charge on any atom is 0.219 e. The molecular weight excluding hydrogens is 212 g/mol. The summed E-state index contributed by atoms with van der Waals surface area (Å²) < 4.78 is 0. The number of hydrogen-bond donors (Lipinski definition) is 2. The quantitative estimate of drug-likeness (QED) is 0.789. The van der Waals surface area contributed by atoms with Gasteiger partial charge in [0.1, 0.15) is 0 Å². The van der Waals surface area contributed by atoms with E-state index in [1.165, 1.54) is 24.0 Å². The van der Waals surface area contributed by atoms with Crippen molar-refractivity contribution in [2.75, 3.05) is 6.54 Å². The molecular formula is C14H20N2O. The Kier molecular flexibility index (Phi) is 3.79. The molecule has 92 valence electrons. The summed E-state index contributed by atoms with van der Waals surface area (Å²) in [7, 11) is 0. The summed E-state index contributed by atoms with van der Waals surface area (Å²) in [6.45, 7) is 2.88. The number of rotatable bonds is 6. The molecule has 17 heavy (non-hydrogen) atoms. The molecule has 0 saturated heterocycles. The Morgan fingerprint density at radius 2 is 2.29 bits per heavy atom. The van der Waals surface area contributed by atoms with Gasteiger partial charge in [0.15, 0.2) is 0 Å². The van der Waals surface area contributed by atoms with Crippen LogP contribution in [-0.4, -0.2) is 12.5 Å². The number of carbonyl (C=O) groups excluding carboxylic acids is 1. The minimum atomic E-state index is -0.257. The molecule has 1 fully saturated rings. The van der Waals surface area contributed by atoms with Crippen molar-refractivity contribution < 1.29 is 4.79 Å². The molecule has 0 bridgehead atoms. The fourth-order valence-corrected chi connectivity index (χ4v) is 2.20. The van der Waals surface area contributed by atoms with Crippen molar-refractivity contribution >= 4 is 5.91 Å². The molecule has 1 amide bonds. The van der Waals surface area contributed by atoms with Gasteiger partial charge in [-0.1, -0.05) is 31.2 Å². The number of benzene rings is 1. The highest BCUT2D eigenvalue weighted by Crippen LogP contribution is 2.40. The van der Waals surface area contributed by atoms with Crippen LogP contribution >= 0.6 is 0 Å². The Balaban J connectivity index is 2.15. The fourth-order valence-electron chi connectivity index (χ4n) is 2.20. The second kappa shape index (κ2) is 5.32. The third-order valence-corrected chi connectivity index (χ3v) is 3.22. The molecule has 0 heterocycles. The van der Waals surface area contributed by atoms with Gasteiger partial charge in [0.25, 0.3) is 0 Å². The van der Waals surface area contributed by atoms with E-state index in [1.54, 1.807) is 0 Å². The van der Waals surface area contributed by atoms with Crippen molar-refractivity contribution in [3.05, 3.63) is 35.4 Å². The molecule has 1 unspecified atom stereocenters. The summed E-state index contributed by atoms with van der Waals surface area (Å²) in [6, 6.07) is 8.59. The molecule has 1 aromatic carbocycles. The van der Waals surface area contributed by atoms with Crippen molar-refractivity contribution in [1.82, 2.24) is 5.32 Å². The molecule has 0 aromatic heterocycles. The first-order chi connectivity index (χ1) is 8.20. The molecule has 1 aromatic rings. The maximum atomic E-state index is 11.1. The van der Waals surface area contributed by atoms with Crippen LogP contribution in [0, 0.1) is 0 Å². The van der Waals surface area contributed by atoms with E-state index < -0.39 is 0 Å². The number of primary amides is 1. The maximum absolute atomic E-state index is 11.1. The van der Waals surface area contributed by atoms with Gasteiger partial charge < -0.3 is 11.1 Å². The van der Waals surface area contributed by atoms with Crippen LogP contribution in [0.1, 0.15) is 49.3 Å². The van der Waals surface area contributed by atoms with E-state index in [1.807, 2.05) is 6.92 Å². The summed E-state index contributed by atoms with van der Waals surface area (Å²) in [5, 5.41) is 3.32. The SMILES string of the molecule is CCNC(CC(N)=O)c1cccc(C2CC2)c1. The molecule has 1 saturated carbocycles. The first kappa shape index (κ1) is 12.1. The number of carbonyl (C=O) groups is 1. The third kappa shape index (κ3) is 3.30. The highest BCUT2D eigenvalue weighted by Gasteiger charge is 2.24. The summed E-state index contributed by atoms with van der Waals surface area (Å²) in [5.74, 6) is 0.485. The largest absolute Gasteiger partial charge is 0.370 e. The molecule has 0 aliphatic heterocycles. The normalized spacial score (nSPS) is 16.8. The average molecular weight is 232 g/mol. The molecule has 0 spiro atoms. The lowest BCUT2D eigenvalue weighted by molar-refractivity contribution is -0.118. The summed E-state index contributed by atoms with van der Waals surface area (Å²) in [5.41, 5.74) is 7.87. The van der Waals surface area contributed by atoms with Crippen LogP contribution in [0.15, 0.2) is 24.3 Å². The zero-order valence-corrected chi connectivity index (χ0v) is 10.3. The molecule has 1 aliphatic carbocycles. The Labute approximate surface area is 102 Å². The lowest BCUT2D eigenvalue weighted by Gasteiger charge is -2.17. The van der Waals surface area contributed by atoms with E-state index in [-0.39, 0.29) is 11.9 Å². The van der Waals surface area contributed by atoms with Crippen molar-refractivity contribution in [2.45, 2.75) is 38.1 Å². The lowest BCUT2D eigenvalue weighted by Crippen LogP contribution is -2.26. The van der Waals surface area contributed by atoms with Crippen LogP contribution in [-0.2, 0) is 4.79 Å². The molecule has 3 heteroatoms. The van der Waals surface area contributed by atoms with Crippen LogP contribution in [0.5, 0.6) is 0 Å². The minimum absolute atomic E-state index is 0.0520. The van der Waals surface area contributed by atoms with Crippen LogP contribution in [0.4, 0.5) is 0 Å². The summed E-state index contributed by atoms with van der Waals surface area (Å²) in [6.07, 6.45) is 2.96. The van der Waals surface area contributed by atoms with E-state index >= 15 is 0 Å². The fraction of sp³-hybridized carbons (Fsp3) is 0.500. The van der Waals surface area contributed by atoms with Gasteiger partial charge in [-0.2, -0.15) is 0 Å². The van der Waals surface area contributed by atoms with Gasteiger partial charge in [0.05, 0.1) is 0 Å². The van der Waals surface area contributed by atoms with E-state index in [0.29, 0.717) is 6.42 Å². The molecule has 3 N–H and O–H groups in total. The molecule has 2 rings (SSSR count). The third-order valence-electron chi connectivity index (χ3n) is 3.22. The zero-order valence-electron chi connectivity index (χ0n) is 10.3. The van der Waals surface area contributed by atoms with Gasteiger partial charge in [-0.15, -0.1) is 0 Å². The van der Waals surface area contributed by atoms with Crippen LogP contribution in [0.3, 0.4) is 0 Å². The van der Waals surface area contributed by atoms with Gasteiger partial charge in [0, 0.05) is 12.5 Å². The molecule has 0 radical (unpaired) electrons. The van der Waals surface area contributed by atoms with Gasteiger partial charge in [0.2, 0.25) is 5.91 Å². The second-order valence-electron chi connectivity index (χ2n) is 4.73. The van der Waals surface area contributed by atoms with Gasteiger partial charge in [-0.3, -0.25) is 4.79 Å². The monoisotopic (exact) mass is 232 g/mol. The van der Waals surface area contributed by atoms with Crippen molar-refractivity contribution in [3.8, 4) is 0 Å². The van der Waals surface area contributed by atoms with Crippen molar-refractivity contribution in [1.29, 1.82) is 0 Å². The topological polar surface area (TPSA) is 55.1 Å². The predicted octanol–water partition coefficient (Wildman–Crippen LogP) is 2.09. The predicted molar refractivity (Wildman–Crippen MR) is 68.6 cm³/mol. The van der Waals surface area contributed by atoms with Crippen LogP contribution in [0.2, 0.25) is 0 Å². The van der Waals surface area contributed by atoms with E-state index in [2.05, 4.69) is 29.6 Å². The van der Waals surface area contributed by atoms with E-state index in [9.17, 15) is 4.79 Å². The lowest BCUT2D eigenvalue weighted by atomic mass is 9.99. The van der Waals surface area contributed by atoms with Crippen molar-refractivity contribution in [2.24, 2.45) is 5.73 Å². The summed E-state index contributed by atoms with van der Waals surface area (Å²) >= 11 is 0. The van der Waals surface area contributed by atoms with E-state index in [0.717, 1.165) is 12.5 Å². The summed E-state index contributed by atoms with van der Waals surface area (Å²) in [4.78, 5) is 11.1. The van der Waals surface area contributed by atoms with Crippen LogP contribution < -0.4 is 11.1 Å². The van der Waals surface area contributed by atoms with Crippen LogP contribution in [0.25, 0.3) is 0 Å². The Morgan fingerprint density at radius 3 is 2.88 bits per heavy atom. The minimum Gasteiger partial charge on any atom is -0.370 e. The standard InChI is InChI=1S/C14H20N2O/c1-2-16-13(9-14(15)17)12-5-3-4-11(8-12)10-6-7-10/h3-5,8,10,13,16H,2,6-7,9H2,1H3,(H2,15,17). The van der Waals surface area contributed by atoms with Gasteiger partial charge >= 0.3 is 0 Å². The molecule has 1 atom stereocenters. The highest BCUT2D eigenvalue weighted by atomic mass is 16.1. The van der Waals surface area contributed by atoms with Gasteiger partial charge in [-0.05, 0) is 36.4 Å². The number of nitrogens with one attached hydrogen (secondary N) is 1. The van der Waals surface area contributed by atoms with E-state index in [4.69, 9.17) is 5.73 Å². The number of nitrogens with two attached hydrogens (primary N) is 1. The smallest absolute Gasteiger partial charge is 0.219 e.